The van der Waals surface area contributed by atoms with Crippen LogP contribution in [0.2, 0.25) is 0 Å². The van der Waals surface area contributed by atoms with Gasteiger partial charge in [-0.05, 0) is 35.9 Å². The third-order valence-corrected chi connectivity index (χ3v) is 6.94. The van der Waals surface area contributed by atoms with Crippen LogP contribution in [-0.2, 0) is 14.3 Å². The van der Waals surface area contributed by atoms with Gasteiger partial charge >= 0.3 is 0 Å². The van der Waals surface area contributed by atoms with Crippen LogP contribution in [0.1, 0.15) is 17.2 Å². The molecule has 0 bridgehead atoms. The number of fused-ring (bicyclic) bond motifs is 2. The minimum Gasteiger partial charge on any atom is -0.507 e. The number of nitrogens with zero attached hydrogens (tertiary/aromatic N) is 2. The number of morpholine rings is 1. The number of aliphatic hydroxyl groups excluding tert-OH is 1. The summed E-state index contributed by atoms with van der Waals surface area (Å²) < 4.78 is 32.8. The smallest absolute Gasteiger partial charge is 0.295 e. The molecule has 0 aliphatic carbocycles. The Labute approximate surface area is 212 Å². The number of ether oxygens (including phenoxy) is 6. The van der Waals surface area contributed by atoms with Gasteiger partial charge in [0.25, 0.3) is 11.7 Å². The maximum atomic E-state index is 13.4. The lowest BCUT2D eigenvalue weighted by Crippen LogP contribution is -2.42. The third kappa shape index (κ3) is 4.09. The van der Waals surface area contributed by atoms with E-state index in [-0.39, 0.29) is 31.5 Å². The quantitative estimate of drug-likeness (QED) is 0.351. The highest BCUT2D eigenvalue weighted by Gasteiger charge is 2.47. The van der Waals surface area contributed by atoms with E-state index < -0.39 is 17.7 Å². The monoisotopic (exact) mass is 510 g/mol. The molecule has 0 spiro atoms. The normalized spacial score (nSPS) is 22.1. The number of rotatable bonds is 6. The Bertz CT molecular complexity index is 1290. The molecule has 1 N–H and O–H groups in total. The predicted molar refractivity (Wildman–Crippen MR) is 128 cm³/mol. The Hall–Kier alpha value is -3.96. The number of carbonyl (C=O) groups excluding carboxylic acids is 2. The SMILES string of the molecule is COc1cc([C@@H]2C(=C(O)c3ccc4c(c3)OCO4)C(=O)C(=O)N2CCN2CCOCC2)cc2c1OCO2. The number of aliphatic hydroxyl groups is 1. The molecule has 2 aromatic carbocycles. The second kappa shape index (κ2) is 9.49. The van der Waals surface area contributed by atoms with Crippen LogP contribution < -0.4 is 23.7 Å². The molecule has 37 heavy (non-hydrogen) atoms. The van der Waals surface area contributed by atoms with E-state index in [2.05, 4.69) is 4.90 Å². The van der Waals surface area contributed by atoms with Gasteiger partial charge in [0.05, 0.1) is 31.9 Å². The Morgan fingerprint density at radius 2 is 1.73 bits per heavy atom. The first kappa shape index (κ1) is 23.4. The summed E-state index contributed by atoms with van der Waals surface area (Å²) in [6.45, 7) is 3.65. The van der Waals surface area contributed by atoms with Crippen molar-refractivity contribution in [2.75, 3.05) is 60.1 Å². The fraction of sp³-hybridized carbons (Fsp3) is 0.385. The van der Waals surface area contributed by atoms with E-state index in [0.717, 1.165) is 13.1 Å². The molecule has 0 aromatic heterocycles. The molecular weight excluding hydrogens is 484 g/mol. The summed E-state index contributed by atoms with van der Waals surface area (Å²) in [6.07, 6.45) is 0. The van der Waals surface area contributed by atoms with Crippen molar-refractivity contribution in [2.24, 2.45) is 0 Å². The van der Waals surface area contributed by atoms with Gasteiger partial charge in [-0.15, -0.1) is 0 Å². The molecule has 11 heteroatoms. The molecule has 0 radical (unpaired) electrons. The zero-order valence-electron chi connectivity index (χ0n) is 20.2. The van der Waals surface area contributed by atoms with E-state index in [1.165, 1.54) is 12.0 Å². The first-order chi connectivity index (χ1) is 18.0. The van der Waals surface area contributed by atoms with E-state index in [1.807, 2.05) is 0 Å². The van der Waals surface area contributed by atoms with Gasteiger partial charge in [-0.3, -0.25) is 14.5 Å². The summed E-state index contributed by atoms with van der Waals surface area (Å²) in [7, 11) is 1.50. The maximum Gasteiger partial charge on any atom is 0.295 e. The molecular formula is C26H26N2O9. The van der Waals surface area contributed by atoms with Gasteiger partial charge in [0.2, 0.25) is 19.3 Å². The van der Waals surface area contributed by atoms with Crippen LogP contribution in [0.5, 0.6) is 28.7 Å². The molecule has 2 fully saturated rings. The van der Waals surface area contributed by atoms with Crippen LogP contribution in [0.3, 0.4) is 0 Å². The summed E-state index contributed by atoms with van der Waals surface area (Å²) in [5, 5.41) is 11.4. The number of hydrogen-bond donors (Lipinski definition) is 1. The van der Waals surface area contributed by atoms with Crippen LogP contribution >= 0.6 is 0 Å². The maximum absolute atomic E-state index is 13.4. The topological polar surface area (TPSA) is 116 Å². The number of amides is 1. The number of methoxy groups -OCH3 is 1. The summed E-state index contributed by atoms with van der Waals surface area (Å²) in [4.78, 5) is 30.4. The third-order valence-electron chi connectivity index (χ3n) is 6.94. The van der Waals surface area contributed by atoms with E-state index in [9.17, 15) is 14.7 Å². The van der Waals surface area contributed by atoms with Crippen molar-refractivity contribution in [3.8, 4) is 28.7 Å². The lowest BCUT2D eigenvalue weighted by molar-refractivity contribution is -0.140. The van der Waals surface area contributed by atoms with Gasteiger partial charge in [0.1, 0.15) is 5.76 Å². The van der Waals surface area contributed by atoms with E-state index >= 15 is 0 Å². The molecule has 1 atom stereocenters. The molecule has 2 saturated heterocycles. The van der Waals surface area contributed by atoms with Crippen molar-refractivity contribution in [3.63, 3.8) is 0 Å². The fourth-order valence-corrected chi connectivity index (χ4v) is 5.04. The molecule has 4 aliphatic rings. The molecule has 1 amide bonds. The van der Waals surface area contributed by atoms with Crippen LogP contribution in [0.4, 0.5) is 0 Å². The largest absolute Gasteiger partial charge is 0.507 e. The number of carbonyl (C=O) groups is 2. The highest BCUT2D eigenvalue weighted by atomic mass is 16.7. The lowest BCUT2D eigenvalue weighted by Gasteiger charge is -2.31. The average molecular weight is 510 g/mol. The lowest BCUT2D eigenvalue weighted by atomic mass is 9.94. The molecule has 4 heterocycles. The van der Waals surface area contributed by atoms with Gasteiger partial charge in [0.15, 0.2) is 23.0 Å². The van der Waals surface area contributed by atoms with Gasteiger partial charge in [-0.1, -0.05) is 0 Å². The molecule has 194 valence electrons. The minimum atomic E-state index is -0.866. The van der Waals surface area contributed by atoms with Crippen molar-refractivity contribution in [3.05, 3.63) is 47.0 Å². The van der Waals surface area contributed by atoms with Crippen LogP contribution in [-0.4, -0.2) is 86.7 Å². The molecule has 4 aliphatic heterocycles. The molecule has 11 nitrogen and oxygen atoms in total. The number of hydrogen-bond acceptors (Lipinski definition) is 10. The highest BCUT2D eigenvalue weighted by Crippen LogP contribution is 2.47. The zero-order valence-corrected chi connectivity index (χ0v) is 20.2. The van der Waals surface area contributed by atoms with Gasteiger partial charge in [-0.25, -0.2) is 0 Å². The number of likely N-dealkylation sites (tertiary alicyclic amines) is 1. The average Bonchev–Trinajstić information content (AvgIpc) is 3.65. The summed E-state index contributed by atoms with van der Waals surface area (Å²) >= 11 is 0. The van der Waals surface area contributed by atoms with Crippen LogP contribution in [0.15, 0.2) is 35.9 Å². The molecule has 2 aromatic rings. The fourth-order valence-electron chi connectivity index (χ4n) is 5.04. The van der Waals surface area contributed by atoms with Gasteiger partial charge in [0, 0.05) is 31.7 Å². The molecule has 6 rings (SSSR count). The van der Waals surface area contributed by atoms with Crippen LogP contribution in [0.25, 0.3) is 5.76 Å². The second-order valence-electron chi connectivity index (χ2n) is 8.97. The number of Topliss-reactive ketones (excluding diaryl/α,β-unsaturated/α-hetero) is 1. The standard InChI is InChI=1S/C26H26N2O9/c1-32-19-11-16(12-20-25(19)37-14-36-20)22-21(23(29)15-2-3-17-18(10-15)35-13-34-17)24(30)26(31)28(22)5-4-27-6-8-33-9-7-27/h2-3,10-12,22,29H,4-9,13-14H2,1H3/t22-/m1/s1. The summed E-state index contributed by atoms with van der Waals surface area (Å²) in [5.41, 5.74) is 0.879. The van der Waals surface area contributed by atoms with E-state index in [0.29, 0.717) is 59.6 Å². The van der Waals surface area contributed by atoms with Gasteiger partial charge in [-0.2, -0.15) is 0 Å². The predicted octanol–water partition coefficient (Wildman–Crippen LogP) is 1.91. The first-order valence-corrected chi connectivity index (χ1v) is 12.0. The second-order valence-corrected chi connectivity index (χ2v) is 8.97. The Balaban J connectivity index is 1.44. The van der Waals surface area contributed by atoms with Gasteiger partial charge < -0.3 is 38.4 Å². The van der Waals surface area contributed by atoms with Crippen molar-refractivity contribution in [1.82, 2.24) is 9.80 Å². The Morgan fingerprint density at radius 1 is 0.973 bits per heavy atom. The van der Waals surface area contributed by atoms with E-state index in [1.54, 1.807) is 30.3 Å². The Kier molecular flexibility index (Phi) is 6.01. The number of ketones is 1. The van der Waals surface area contributed by atoms with Crippen molar-refractivity contribution in [2.45, 2.75) is 6.04 Å². The van der Waals surface area contributed by atoms with Crippen LogP contribution in [0, 0.1) is 0 Å². The van der Waals surface area contributed by atoms with E-state index in [4.69, 9.17) is 28.4 Å². The first-order valence-electron chi connectivity index (χ1n) is 12.0. The van der Waals surface area contributed by atoms with Crippen molar-refractivity contribution >= 4 is 17.4 Å². The Morgan fingerprint density at radius 3 is 2.54 bits per heavy atom. The van der Waals surface area contributed by atoms with Crippen molar-refractivity contribution < 1.29 is 43.1 Å². The highest BCUT2D eigenvalue weighted by molar-refractivity contribution is 6.46. The molecule has 0 saturated carbocycles. The van der Waals surface area contributed by atoms with Crippen molar-refractivity contribution in [1.29, 1.82) is 0 Å². The summed E-state index contributed by atoms with van der Waals surface area (Å²) in [6, 6.07) is 7.44. The minimum absolute atomic E-state index is 0.0215. The molecule has 0 unspecified atom stereocenters. The zero-order chi connectivity index (χ0) is 25.5. The number of benzene rings is 2. The summed E-state index contributed by atoms with van der Waals surface area (Å²) in [5.74, 6) is 0.546.